The Morgan fingerprint density at radius 1 is 0.810 bits per heavy atom. The normalized spacial score (nSPS) is 9.86. The molecule has 2 rings (SSSR count). The van der Waals surface area contributed by atoms with Crippen molar-refractivity contribution in [3.05, 3.63) is 58.6 Å². The van der Waals surface area contributed by atoms with Crippen LogP contribution in [0.4, 0.5) is 11.4 Å². The number of aliphatic hydroxyl groups is 2. The Morgan fingerprint density at radius 3 is 1.86 bits per heavy atom. The van der Waals surface area contributed by atoms with E-state index in [-0.39, 0.29) is 13.2 Å². The van der Waals surface area contributed by atoms with Gasteiger partial charge >= 0.3 is 0 Å². The van der Waals surface area contributed by atoms with Crippen molar-refractivity contribution in [3.8, 4) is 0 Å². The molecule has 0 aromatic heterocycles. The Morgan fingerprint density at radius 2 is 1.33 bits per heavy atom. The smallest absolute Gasteiger partial charge is 0.0638 e. The van der Waals surface area contributed by atoms with Crippen molar-refractivity contribution < 1.29 is 10.2 Å². The van der Waals surface area contributed by atoms with Gasteiger partial charge in [0.1, 0.15) is 0 Å². The summed E-state index contributed by atoms with van der Waals surface area (Å²) in [7, 11) is 0. The predicted molar refractivity (Wildman–Crippen MR) is 88.3 cm³/mol. The Bertz CT molecular complexity index is 544. The van der Waals surface area contributed by atoms with Gasteiger partial charge in [0.05, 0.1) is 10.7 Å². The molecule has 0 saturated carbocycles. The first-order valence-corrected chi connectivity index (χ1v) is 7.04. The molecule has 5 heteroatoms. The Labute approximate surface area is 130 Å². The molecule has 0 unspecified atom stereocenters. The van der Waals surface area contributed by atoms with Gasteiger partial charge in [-0.05, 0) is 48.2 Å². The maximum absolute atomic E-state index is 8.61. The van der Waals surface area contributed by atoms with Crippen molar-refractivity contribution in [2.75, 3.05) is 24.7 Å². The third-order valence-corrected chi connectivity index (χ3v) is 3.17. The van der Waals surface area contributed by atoms with Crippen molar-refractivity contribution in [2.45, 2.75) is 12.8 Å². The molecule has 2 aromatic rings. The first-order valence-electron chi connectivity index (χ1n) is 6.67. The fourth-order valence-corrected chi connectivity index (χ4v) is 1.87. The molecule has 4 nitrogen and oxygen atoms in total. The maximum Gasteiger partial charge on any atom is 0.0638 e. The van der Waals surface area contributed by atoms with Gasteiger partial charge in [-0.2, -0.15) is 0 Å². The standard InChI is InChI=1S/C8H10ClNO.C8H11NO/c9-7-5-6(3-4-11)1-2-8(7)10;9-8-3-1-7(2-4-8)5-6-10/h1-2,5,11H,3-4,10H2;1-4,10H,5-6,9H2. The molecule has 0 fully saturated rings. The highest BCUT2D eigenvalue weighted by molar-refractivity contribution is 6.33. The summed E-state index contributed by atoms with van der Waals surface area (Å²) in [6, 6.07) is 12.9. The number of hydrogen-bond donors (Lipinski definition) is 4. The lowest BCUT2D eigenvalue weighted by atomic mass is 10.1. The summed E-state index contributed by atoms with van der Waals surface area (Å²) < 4.78 is 0. The van der Waals surface area contributed by atoms with Gasteiger partial charge < -0.3 is 21.7 Å². The van der Waals surface area contributed by atoms with E-state index in [1.807, 2.05) is 30.3 Å². The van der Waals surface area contributed by atoms with E-state index in [1.165, 1.54) is 0 Å². The lowest BCUT2D eigenvalue weighted by Crippen LogP contribution is -1.92. The van der Waals surface area contributed by atoms with Crippen LogP contribution in [0.3, 0.4) is 0 Å². The van der Waals surface area contributed by atoms with Crippen LogP contribution in [0, 0.1) is 0 Å². The Kier molecular flexibility index (Phi) is 7.61. The van der Waals surface area contributed by atoms with Gasteiger partial charge in [-0.15, -0.1) is 0 Å². The highest BCUT2D eigenvalue weighted by Crippen LogP contribution is 2.19. The lowest BCUT2D eigenvalue weighted by molar-refractivity contribution is 0.299. The van der Waals surface area contributed by atoms with Crippen LogP contribution < -0.4 is 11.5 Å². The van der Waals surface area contributed by atoms with Crippen LogP contribution in [0.15, 0.2) is 42.5 Å². The molecule has 2 aromatic carbocycles. The second kappa shape index (κ2) is 9.23. The van der Waals surface area contributed by atoms with Gasteiger partial charge in [-0.25, -0.2) is 0 Å². The molecule has 0 radical (unpaired) electrons. The highest BCUT2D eigenvalue weighted by atomic mass is 35.5. The molecule has 0 aliphatic heterocycles. The number of benzene rings is 2. The number of halogens is 1. The van der Waals surface area contributed by atoms with Crippen LogP contribution in [0.2, 0.25) is 5.02 Å². The molecule has 21 heavy (non-hydrogen) atoms. The van der Waals surface area contributed by atoms with E-state index in [0.29, 0.717) is 23.6 Å². The van der Waals surface area contributed by atoms with Crippen molar-refractivity contribution in [3.63, 3.8) is 0 Å². The summed E-state index contributed by atoms with van der Waals surface area (Å²) in [6.07, 6.45) is 1.33. The third kappa shape index (κ3) is 6.49. The minimum Gasteiger partial charge on any atom is -0.399 e. The molecule has 0 amide bonds. The van der Waals surface area contributed by atoms with Crippen molar-refractivity contribution in [1.82, 2.24) is 0 Å². The molecular weight excluding hydrogens is 288 g/mol. The van der Waals surface area contributed by atoms with Gasteiger partial charge in [0, 0.05) is 18.9 Å². The zero-order chi connectivity index (χ0) is 15.7. The van der Waals surface area contributed by atoms with Gasteiger partial charge in [-0.1, -0.05) is 29.8 Å². The molecule has 0 saturated heterocycles. The summed E-state index contributed by atoms with van der Waals surface area (Å²) in [5.74, 6) is 0. The van der Waals surface area contributed by atoms with Crippen LogP contribution in [-0.2, 0) is 12.8 Å². The van der Waals surface area contributed by atoms with Crippen LogP contribution in [-0.4, -0.2) is 23.4 Å². The topological polar surface area (TPSA) is 92.5 Å². The SMILES string of the molecule is Nc1ccc(CCO)cc1.Nc1ccc(CCO)cc1Cl. The Hall–Kier alpha value is -1.75. The van der Waals surface area contributed by atoms with Gasteiger partial charge in [-0.3, -0.25) is 0 Å². The third-order valence-electron chi connectivity index (χ3n) is 2.85. The van der Waals surface area contributed by atoms with E-state index in [4.69, 9.17) is 33.3 Å². The number of rotatable bonds is 4. The molecular formula is C16H21ClN2O2. The number of hydrogen-bond acceptors (Lipinski definition) is 4. The van der Waals surface area contributed by atoms with Gasteiger partial charge in [0.2, 0.25) is 0 Å². The molecule has 6 N–H and O–H groups in total. The van der Waals surface area contributed by atoms with Crippen LogP contribution in [0.25, 0.3) is 0 Å². The average Bonchev–Trinajstić information content (AvgIpc) is 2.47. The zero-order valence-electron chi connectivity index (χ0n) is 11.8. The molecule has 0 atom stereocenters. The quantitative estimate of drug-likeness (QED) is 0.652. The highest BCUT2D eigenvalue weighted by Gasteiger charge is 1.96. The molecule has 0 heterocycles. The minimum atomic E-state index is 0.139. The maximum atomic E-state index is 8.61. The fourth-order valence-electron chi connectivity index (χ4n) is 1.67. The van der Waals surface area contributed by atoms with Crippen LogP contribution in [0.5, 0.6) is 0 Å². The molecule has 0 bridgehead atoms. The van der Waals surface area contributed by atoms with Crippen molar-refractivity contribution in [1.29, 1.82) is 0 Å². The number of anilines is 2. The monoisotopic (exact) mass is 308 g/mol. The minimum absolute atomic E-state index is 0.139. The summed E-state index contributed by atoms with van der Waals surface area (Å²) in [5, 5.41) is 17.7. The van der Waals surface area contributed by atoms with Gasteiger partial charge in [0.25, 0.3) is 0 Å². The van der Waals surface area contributed by atoms with E-state index >= 15 is 0 Å². The lowest BCUT2D eigenvalue weighted by Gasteiger charge is -2.00. The zero-order valence-corrected chi connectivity index (χ0v) is 12.6. The fraction of sp³-hybridized carbons (Fsp3) is 0.250. The van der Waals surface area contributed by atoms with E-state index in [9.17, 15) is 0 Å². The van der Waals surface area contributed by atoms with Gasteiger partial charge in [0.15, 0.2) is 0 Å². The van der Waals surface area contributed by atoms with E-state index < -0.39 is 0 Å². The molecule has 0 aliphatic carbocycles. The van der Waals surface area contributed by atoms with Crippen molar-refractivity contribution >= 4 is 23.0 Å². The second-order valence-corrected chi connectivity index (χ2v) is 4.95. The van der Waals surface area contributed by atoms with Crippen LogP contribution in [0.1, 0.15) is 11.1 Å². The number of aliphatic hydroxyl groups excluding tert-OH is 2. The summed E-state index contributed by atoms with van der Waals surface area (Å²) in [4.78, 5) is 0. The van der Waals surface area contributed by atoms with E-state index in [2.05, 4.69) is 0 Å². The van der Waals surface area contributed by atoms with Crippen LogP contribution >= 0.6 is 11.6 Å². The molecule has 0 aliphatic rings. The summed E-state index contributed by atoms with van der Waals surface area (Å²) in [5.41, 5.74) is 14.4. The first-order chi connectivity index (χ1) is 10.1. The average molecular weight is 309 g/mol. The first kappa shape index (κ1) is 17.3. The Balaban J connectivity index is 0.000000211. The largest absolute Gasteiger partial charge is 0.399 e. The molecule has 0 spiro atoms. The molecule has 114 valence electrons. The second-order valence-electron chi connectivity index (χ2n) is 4.54. The predicted octanol–water partition coefficient (Wildman–Crippen LogP) is 2.26. The summed E-state index contributed by atoms with van der Waals surface area (Å²) in [6.45, 7) is 0.337. The van der Waals surface area contributed by atoms with E-state index in [1.54, 1.807) is 12.1 Å². The number of nitrogens with two attached hydrogens (primary N) is 2. The van der Waals surface area contributed by atoms with Crippen molar-refractivity contribution in [2.24, 2.45) is 0 Å². The van der Waals surface area contributed by atoms with E-state index in [0.717, 1.165) is 16.8 Å². The summed E-state index contributed by atoms with van der Waals surface area (Å²) >= 11 is 5.74. The number of nitrogen functional groups attached to an aromatic ring is 2.